The van der Waals surface area contributed by atoms with Crippen LogP contribution in [0.1, 0.15) is 74.3 Å². The Hall–Kier alpha value is -2.48. The number of piperidine rings is 1. The number of aryl methyl sites for hydroxylation is 1. The van der Waals surface area contributed by atoms with E-state index in [4.69, 9.17) is 5.73 Å². The number of pyridine rings is 1. The van der Waals surface area contributed by atoms with Crippen molar-refractivity contribution in [2.75, 3.05) is 6.54 Å². The number of fused-ring (bicyclic) bond motifs is 1. The number of nitrogens with one attached hydrogen (secondary N) is 1. The van der Waals surface area contributed by atoms with Crippen molar-refractivity contribution >= 4 is 16.9 Å². The summed E-state index contributed by atoms with van der Waals surface area (Å²) in [5, 5.41) is 0.210. The Kier molecular flexibility index (Phi) is 5.29. The molecule has 2 unspecified atom stereocenters. The highest BCUT2D eigenvalue weighted by atomic mass is 16.2. The molecule has 1 saturated heterocycles. The van der Waals surface area contributed by atoms with Gasteiger partial charge in [0.25, 0.3) is 11.5 Å². The second kappa shape index (κ2) is 7.74. The summed E-state index contributed by atoms with van der Waals surface area (Å²) in [5.41, 5.74) is 6.60. The van der Waals surface area contributed by atoms with E-state index >= 15 is 0 Å². The summed E-state index contributed by atoms with van der Waals surface area (Å²) >= 11 is 0. The largest absolute Gasteiger partial charge is 0.334 e. The summed E-state index contributed by atoms with van der Waals surface area (Å²) in [6.07, 6.45) is 5.57. The highest BCUT2D eigenvalue weighted by molar-refractivity contribution is 6.05. The second-order valence-electron chi connectivity index (χ2n) is 8.40. The number of nitrogens with two attached hydrogens (primary N) is 1. The van der Waals surface area contributed by atoms with Gasteiger partial charge in [0.2, 0.25) is 0 Å². The number of rotatable bonds is 5. The Labute approximate surface area is 169 Å². The third-order valence-corrected chi connectivity index (χ3v) is 6.06. The van der Waals surface area contributed by atoms with Crippen molar-refractivity contribution in [2.45, 2.75) is 76.9 Å². The van der Waals surface area contributed by atoms with E-state index in [-0.39, 0.29) is 23.4 Å². The number of nitrogens with zero attached hydrogens (tertiary/aromatic N) is 3. The average Bonchev–Trinajstić information content (AvgIpc) is 3.55. The molecule has 1 aliphatic heterocycles. The maximum atomic E-state index is 13.6. The predicted molar refractivity (Wildman–Crippen MR) is 111 cm³/mol. The van der Waals surface area contributed by atoms with Gasteiger partial charge in [-0.15, -0.1) is 0 Å². The van der Waals surface area contributed by atoms with Gasteiger partial charge in [-0.25, -0.2) is 9.78 Å². The summed E-state index contributed by atoms with van der Waals surface area (Å²) in [6, 6.07) is 1.57. The standard InChI is InChI=1S/C21H29N5O3/c1-3-9-26-18-17(19(27)24-21(26)29)14(11-15(23-18)13-7-8-13)20(28)25-10-5-4-6-16(25)12(2)22/h11-13,16H,3-10,22H2,1-2H3,(H,24,27,29). The van der Waals surface area contributed by atoms with E-state index in [2.05, 4.69) is 9.97 Å². The molecule has 1 saturated carbocycles. The normalized spacial score (nSPS) is 20.8. The minimum Gasteiger partial charge on any atom is -0.334 e. The first-order chi connectivity index (χ1) is 13.9. The third kappa shape index (κ3) is 3.61. The lowest BCUT2D eigenvalue weighted by molar-refractivity contribution is 0.0585. The van der Waals surface area contributed by atoms with Crippen molar-refractivity contribution in [2.24, 2.45) is 5.73 Å². The van der Waals surface area contributed by atoms with E-state index in [1.165, 1.54) is 4.57 Å². The Morgan fingerprint density at radius 3 is 2.72 bits per heavy atom. The van der Waals surface area contributed by atoms with Crippen molar-refractivity contribution < 1.29 is 4.79 Å². The van der Waals surface area contributed by atoms with Crippen molar-refractivity contribution in [3.8, 4) is 0 Å². The van der Waals surface area contributed by atoms with E-state index in [0.717, 1.165) is 44.2 Å². The van der Waals surface area contributed by atoms with Crippen LogP contribution >= 0.6 is 0 Å². The van der Waals surface area contributed by atoms with Gasteiger partial charge in [0, 0.05) is 36.8 Å². The van der Waals surface area contributed by atoms with E-state index in [0.29, 0.717) is 30.2 Å². The topological polar surface area (TPSA) is 114 Å². The van der Waals surface area contributed by atoms with Gasteiger partial charge < -0.3 is 10.6 Å². The number of hydrogen-bond acceptors (Lipinski definition) is 5. The molecule has 2 aromatic rings. The molecule has 0 bridgehead atoms. The number of H-pyrrole nitrogens is 1. The van der Waals surface area contributed by atoms with Gasteiger partial charge >= 0.3 is 5.69 Å². The molecule has 0 radical (unpaired) electrons. The molecule has 0 aromatic carbocycles. The molecule has 2 fully saturated rings. The first-order valence-corrected chi connectivity index (χ1v) is 10.7. The van der Waals surface area contributed by atoms with Gasteiger partial charge in [-0.3, -0.25) is 19.1 Å². The van der Waals surface area contributed by atoms with Gasteiger partial charge in [0.05, 0.1) is 10.9 Å². The zero-order valence-corrected chi connectivity index (χ0v) is 17.1. The van der Waals surface area contributed by atoms with Crippen molar-refractivity contribution in [1.82, 2.24) is 19.4 Å². The summed E-state index contributed by atoms with van der Waals surface area (Å²) in [4.78, 5) is 47.7. The maximum Gasteiger partial charge on any atom is 0.329 e. The zero-order valence-electron chi connectivity index (χ0n) is 17.1. The van der Waals surface area contributed by atoms with Crippen LogP contribution < -0.4 is 17.0 Å². The van der Waals surface area contributed by atoms with E-state index in [1.807, 2.05) is 18.7 Å². The first-order valence-electron chi connectivity index (χ1n) is 10.7. The fourth-order valence-electron chi connectivity index (χ4n) is 4.39. The van der Waals surface area contributed by atoms with E-state index in [9.17, 15) is 14.4 Å². The Balaban J connectivity index is 1.93. The minimum absolute atomic E-state index is 0.0514. The maximum absolute atomic E-state index is 13.6. The van der Waals surface area contributed by atoms with Crippen LogP contribution in [0.4, 0.5) is 0 Å². The number of aromatic nitrogens is 3. The zero-order chi connectivity index (χ0) is 20.7. The smallest absolute Gasteiger partial charge is 0.329 e. The molecule has 3 heterocycles. The lowest BCUT2D eigenvalue weighted by atomic mass is 9.95. The second-order valence-corrected chi connectivity index (χ2v) is 8.40. The van der Waals surface area contributed by atoms with Gasteiger partial charge in [0.15, 0.2) is 5.65 Å². The minimum atomic E-state index is -0.551. The van der Waals surface area contributed by atoms with Crippen LogP contribution in [-0.2, 0) is 6.54 Å². The summed E-state index contributed by atoms with van der Waals surface area (Å²) < 4.78 is 1.48. The number of aromatic amines is 1. The average molecular weight is 399 g/mol. The molecule has 4 rings (SSSR count). The Morgan fingerprint density at radius 1 is 1.31 bits per heavy atom. The van der Waals surface area contributed by atoms with Crippen LogP contribution in [0.15, 0.2) is 15.7 Å². The predicted octanol–water partition coefficient (Wildman–Crippen LogP) is 1.71. The van der Waals surface area contributed by atoms with Gasteiger partial charge in [-0.05, 0) is 51.5 Å². The van der Waals surface area contributed by atoms with Crippen LogP contribution in [0.3, 0.4) is 0 Å². The van der Waals surface area contributed by atoms with Crippen molar-refractivity contribution in [3.63, 3.8) is 0 Å². The lowest BCUT2D eigenvalue weighted by Crippen LogP contribution is -2.52. The molecule has 8 heteroatoms. The molecule has 2 aromatic heterocycles. The van der Waals surface area contributed by atoms with Gasteiger partial charge in [-0.2, -0.15) is 0 Å². The highest BCUT2D eigenvalue weighted by Crippen LogP contribution is 2.40. The van der Waals surface area contributed by atoms with Crippen LogP contribution in [-0.4, -0.2) is 44.0 Å². The van der Waals surface area contributed by atoms with Gasteiger partial charge in [0.1, 0.15) is 0 Å². The van der Waals surface area contributed by atoms with Gasteiger partial charge in [-0.1, -0.05) is 6.92 Å². The molecule has 8 nitrogen and oxygen atoms in total. The number of likely N-dealkylation sites (tertiary alicyclic amines) is 1. The highest BCUT2D eigenvalue weighted by Gasteiger charge is 2.33. The SMILES string of the molecule is CCCn1c(=O)[nH]c(=O)c2c(C(=O)N3CCCCC3C(C)N)cc(C3CC3)nc21. The van der Waals surface area contributed by atoms with E-state index in [1.54, 1.807) is 6.07 Å². The Morgan fingerprint density at radius 2 is 2.07 bits per heavy atom. The molecule has 0 spiro atoms. The molecule has 156 valence electrons. The lowest BCUT2D eigenvalue weighted by Gasteiger charge is -2.38. The molecule has 1 aliphatic carbocycles. The van der Waals surface area contributed by atoms with Crippen LogP contribution in [0.2, 0.25) is 0 Å². The Bertz CT molecular complexity index is 1050. The number of carbonyl (C=O) groups excluding carboxylic acids is 1. The molecule has 3 N–H and O–H groups in total. The van der Waals surface area contributed by atoms with Crippen molar-refractivity contribution in [3.05, 3.63) is 38.2 Å². The van der Waals surface area contributed by atoms with E-state index < -0.39 is 11.2 Å². The molecule has 2 aliphatic rings. The van der Waals surface area contributed by atoms with Crippen LogP contribution in [0, 0.1) is 0 Å². The summed E-state index contributed by atoms with van der Waals surface area (Å²) in [7, 11) is 0. The third-order valence-electron chi connectivity index (χ3n) is 6.06. The quantitative estimate of drug-likeness (QED) is 0.794. The number of amides is 1. The number of carbonyl (C=O) groups is 1. The fourth-order valence-corrected chi connectivity index (χ4v) is 4.39. The first kappa shape index (κ1) is 19.8. The summed E-state index contributed by atoms with van der Waals surface area (Å²) in [5.74, 6) is 0.106. The van der Waals surface area contributed by atoms with Crippen LogP contribution in [0.25, 0.3) is 11.0 Å². The van der Waals surface area contributed by atoms with Crippen LogP contribution in [0.5, 0.6) is 0 Å². The molecule has 1 amide bonds. The molecular weight excluding hydrogens is 370 g/mol. The van der Waals surface area contributed by atoms with Crippen molar-refractivity contribution in [1.29, 1.82) is 0 Å². The molecule has 2 atom stereocenters. The monoisotopic (exact) mass is 399 g/mol. The molecule has 29 heavy (non-hydrogen) atoms. The summed E-state index contributed by atoms with van der Waals surface area (Å²) in [6.45, 7) is 4.94. The fraction of sp³-hybridized carbons (Fsp3) is 0.619. The molecular formula is C21H29N5O3. The number of hydrogen-bond donors (Lipinski definition) is 2.